The molecule has 0 radical (unpaired) electrons. The summed E-state index contributed by atoms with van der Waals surface area (Å²) in [5.74, 6) is -1.07. The Kier molecular flexibility index (Phi) is 6.96. The summed E-state index contributed by atoms with van der Waals surface area (Å²) in [5, 5.41) is 16.3. The number of nitrogens with one attached hydrogen (secondary N) is 2. The number of carbonyl (C=O) groups excluding carboxylic acids is 3. The number of nitro groups is 1. The number of likely N-dealkylation sites (tertiary alicyclic amines) is 1. The highest BCUT2D eigenvalue weighted by atomic mass is 16.6. The van der Waals surface area contributed by atoms with Gasteiger partial charge in [-0.15, -0.1) is 0 Å². The fourth-order valence-corrected chi connectivity index (χ4v) is 3.59. The van der Waals surface area contributed by atoms with Gasteiger partial charge in [0.2, 0.25) is 11.8 Å². The number of nitro benzene ring substituents is 1. The minimum absolute atomic E-state index is 0.0613. The van der Waals surface area contributed by atoms with Gasteiger partial charge in [-0.05, 0) is 37.5 Å². The molecule has 1 heterocycles. The minimum atomic E-state index is -0.676. The van der Waals surface area contributed by atoms with Gasteiger partial charge in [-0.3, -0.25) is 24.5 Å². The largest absolute Gasteiger partial charge is 0.350 e. The minimum Gasteiger partial charge on any atom is -0.350 e. The Labute approximate surface area is 179 Å². The molecule has 1 unspecified atom stereocenters. The van der Waals surface area contributed by atoms with Crippen molar-refractivity contribution < 1.29 is 19.3 Å². The lowest BCUT2D eigenvalue weighted by Gasteiger charge is -2.24. The van der Waals surface area contributed by atoms with Gasteiger partial charge in [0.1, 0.15) is 6.04 Å². The summed E-state index contributed by atoms with van der Waals surface area (Å²) in [6.45, 7) is 2.16. The Morgan fingerprint density at radius 2 is 1.87 bits per heavy atom. The van der Waals surface area contributed by atoms with Crippen molar-refractivity contribution in [1.29, 1.82) is 0 Å². The third kappa shape index (κ3) is 5.44. The normalized spacial score (nSPS) is 15.4. The maximum atomic E-state index is 12.9. The first-order chi connectivity index (χ1) is 14.9. The van der Waals surface area contributed by atoms with Crippen molar-refractivity contribution in [2.75, 3.05) is 13.1 Å². The van der Waals surface area contributed by atoms with Crippen LogP contribution < -0.4 is 10.6 Å². The summed E-state index contributed by atoms with van der Waals surface area (Å²) in [6, 6.07) is 12.9. The number of carbonyl (C=O) groups is 3. The van der Waals surface area contributed by atoms with Crippen molar-refractivity contribution in [2.24, 2.45) is 0 Å². The van der Waals surface area contributed by atoms with Crippen LogP contribution in [0.4, 0.5) is 5.69 Å². The first kappa shape index (κ1) is 21.9. The van der Waals surface area contributed by atoms with E-state index in [1.807, 2.05) is 30.3 Å². The molecule has 9 nitrogen and oxygen atoms in total. The van der Waals surface area contributed by atoms with Crippen molar-refractivity contribution in [2.45, 2.75) is 32.4 Å². The van der Waals surface area contributed by atoms with Gasteiger partial charge >= 0.3 is 0 Å². The zero-order valence-corrected chi connectivity index (χ0v) is 17.2. The van der Waals surface area contributed by atoms with E-state index in [0.717, 1.165) is 5.56 Å². The molecule has 1 fully saturated rings. The van der Waals surface area contributed by atoms with Gasteiger partial charge in [-0.2, -0.15) is 0 Å². The molecular weight excluding hydrogens is 400 g/mol. The molecule has 0 saturated carbocycles. The average Bonchev–Trinajstić information content (AvgIpc) is 3.26. The van der Waals surface area contributed by atoms with Crippen molar-refractivity contribution in [1.82, 2.24) is 15.5 Å². The Morgan fingerprint density at radius 3 is 2.55 bits per heavy atom. The Balaban J connectivity index is 1.56. The Bertz CT molecular complexity index is 993. The van der Waals surface area contributed by atoms with Crippen LogP contribution in [0.2, 0.25) is 0 Å². The number of amides is 3. The summed E-state index contributed by atoms with van der Waals surface area (Å²) in [7, 11) is 0. The number of hydrogen-bond acceptors (Lipinski definition) is 5. The van der Waals surface area contributed by atoms with E-state index in [1.54, 1.807) is 6.92 Å². The second-order valence-corrected chi connectivity index (χ2v) is 7.40. The van der Waals surface area contributed by atoms with Gasteiger partial charge in [0.05, 0.1) is 11.5 Å². The molecule has 2 aromatic rings. The maximum Gasteiger partial charge on any atom is 0.272 e. The van der Waals surface area contributed by atoms with Crippen molar-refractivity contribution in [3.63, 3.8) is 0 Å². The summed E-state index contributed by atoms with van der Waals surface area (Å²) < 4.78 is 0. The van der Waals surface area contributed by atoms with E-state index in [1.165, 1.54) is 23.1 Å². The molecular formula is C22H24N4O5. The quantitative estimate of drug-likeness (QED) is 0.520. The first-order valence-electron chi connectivity index (χ1n) is 10.0. The van der Waals surface area contributed by atoms with E-state index >= 15 is 0 Å². The van der Waals surface area contributed by atoms with E-state index in [9.17, 15) is 24.5 Å². The third-order valence-corrected chi connectivity index (χ3v) is 5.21. The summed E-state index contributed by atoms with van der Waals surface area (Å²) in [5.41, 5.74) is 1.57. The molecule has 3 rings (SSSR count). The van der Waals surface area contributed by atoms with Crippen LogP contribution in [0.15, 0.2) is 48.5 Å². The number of nitrogens with zero attached hydrogens (tertiary/aromatic N) is 2. The van der Waals surface area contributed by atoms with Crippen LogP contribution in [-0.2, 0) is 16.1 Å². The fraction of sp³-hybridized carbons (Fsp3) is 0.318. The van der Waals surface area contributed by atoms with Gasteiger partial charge in [-0.1, -0.05) is 30.3 Å². The third-order valence-electron chi connectivity index (χ3n) is 5.21. The van der Waals surface area contributed by atoms with E-state index in [-0.39, 0.29) is 30.0 Å². The van der Waals surface area contributed by atoms with Gasteiger partial charge in [0, 0.05) is 30.3 Å². The van der Waals surface area contributed by atoms with Crippen LogP contribution >= 0.6 is 0 Å². The number of rotatable bonds is 7. The second-order valence-electron chi connectivity index (χ2n) is 7.40. The molecule has 0 bridgehead atoms. The first-order valence-corrected chi connectivity index (χ1v) is 10.0. The maximum absolute atomic E-state index is 12.9. The van der Waals surface area contributed by atoms with Crippen LogP contribution in [0, 0.1) is 17.0 Å². The molecule has 0 aliphatic carbocycles. The van der Waals surface area contributed by atoms with Crippen molar-refractivity contribution in [3.05, 3.63) is 75.3 Å². The van der Waals surface area contributed by atoms with Crippen molar-refractivity contribution >= 4 is 23.4 Å². The summed E-state index contributed by atoms with van der Waals surface area (Å²) in [6.07, 6.45) is 1.16. The standard InChI is InChI=1S/C22H24N4O5/c1-15-12-17(9-10-18(15)26(30)31)22(29)25-11-5-8-19(25)21(28)24-14-20(27)23-13-16-6-3-2-4-7-16/h2-4,6-7,9-10,12,19H,5,8,11,13-14H2,1H3,(H,23,27)(H,24,28). The fourth-order valence-electron chi connectivity index (χ4n) is 3.59. The smallest absolute Gasteiger partial charge is 0.272 e. The zero-order valence-electron chi connectivity index (χ0n) is 17.2. The molecule has 3 amide bonds. The topological polar surface area (TPSA) is 122 Å². The van der Waals surface area contributed by atoms with Gasteiger partial charge in [-0.25, -0.2) is 0 Å². The summed E-state index contributed by atoms with van der Waals surface area (Å²) in [4.78, 5) is 49.5. The molecule has 162 valence electrons. The highest BCUT2D eigenvalue weighted by molar-refractivity contribution is 5.98. The second kappa shape index (κ2) is 9.84. The lowest BCUT2D eigenvalue weighted by molar-refractivity contribution is -0.385. The summed E-state index contributed by atoms with van der Waals surface area (Å²) >= 11 is 0. The predicted molar refractivity (Wildman–Crippen MR) is 113 cm³/mol. The molecule has 31 heavy (non-hydrogen) atoms. The molecule has 1 saturated heterocycles. The Hall–Kier alpha value is -3.75. The van der Waals surface area contributed by atoms with Crippen molar-refractivity contribution in [3.8, 4) is 0 Å². The van der Waals surface area contributed by atoms with E-state index in [2.05, 4.69) is 10.6 Å². The monoisotopic (exact) mass is 424 g/mol. The lowest BCUT2D eigenvalue weighted by Crippen LogP contribution is -2.48. The van der Waals surface area contributed by atoms with Gasteiger partial charge < -0.3 is 15.5 Å². The molecule has 2 aromatic carbocycles. The SMILES string of the molecule is Cc1cc(C(=O)N2CCCC2C(=O)NCC(=O)NCc2ccccc2)ccc1[N+](=O)[O-]. The molecule has 1 aliphatic heterocycles. The number of benzene rings is 2. The number of aryl methyl sites for hydroxylation is 1. The van der Waals surface area contributed by atoms with Crippen LogP contribution in [0.1, 0.15) is 34.3 Å². The zero-order chi connectivity index (χ0) is 22.4. The average molecular weight is 424 g/mol. The highest BCUT2D eigenvalue weighted by Gasteiger charge is 2.34. The van der Waals surface area contributed by atoms with E-state index in [4.69, 9.17) is 0 Å². The van der Waals surface area contributed by atoms with Gasteiger partial charge in [0.15, 0.2) is 0 Å². The Morgan fingerprint density at radius 1 is 1.13 bits per heavy atom. The number of hydrogen-bond donors (Lipinski definition) is 2. The van der Waals surface area contributed by atoms with Crippen LogP contribution in [0.3, 0.4) is 0 Å². The molecule has 2 N–H and O–H groups in total. The van der Waals surface area contributed by atoms with Gasteiger partial charge in [0.25, 0.3) is 11.6 Å². The van der Waals surface area contributed by atoms with Crippen LogP contribution in [-0.4, -0.2) is 46.7 Å². The molecule has 0 aromatic heterocycles. The highest BCUT2D eigenvalue weighted by Crippen LogP contribution is 2.24. The van der Waals surface area contributed by atoms with E-state index < -0.39 is 11.0 Å². The van der Waals surface area contributed by atoms with Crippen LogP contribution in [0.5, 0.6) is 0 Å². The molecule has 9 heteroatoms. The molecule has 1 atom stereocenters. The molecule has 1 aliphatic rings. The van der Waals surface area contributed by atoms with Crippen LogP contribution in [0.25, 0.3) is 0 Å². The predicted octanol–water partition coefficient (Wildman–Crippen LogP) is 1.94. The lowest BCUT2D eigenvalue weighted by atomic mass is 10.1. The molecule has 0 spiro atoms. The van der Waals surface area contributed by atoms with E-state index in [0.29, 0.717) is 37.1 Å².